The monoisotopic (exact) mass is 264 g/mol. The summed E-state index contributed by atoms with van der Waals surface area (Å²) in [5, 5.41) is 0. The van der Waals surface area contributed by atoms with Gasteiger partial charge in [0.05, 0.1) is 0 Å². The first-order chi connectivity index (χ1) is 9.30. The van der Waals surface area contributed by atoms with Crippen LogP contribution in [0.1, 0.15) is 32.3 Å². The molecule has 0 aliphatic rings. The minimum atomic E-state index is 0.698. The Morgan fingerprint density at radius 1 is 1.00 bits per heavy atom. The Labute approximate surface area is 117 Å². The van der Waals surface area contributed by atoms with Gasteiger partial charge in [-0.05, 0) is 56.6 Å². The second kappa shape index (κ2) is 9.82. The fourth-order valence-corrected chi connectivity index (χ4v) is 2.18. The van der Waals surface area contributed by atoms with Gasteiger partial charge >= 0.3 is 0 Å². The van der Waals surface area contributed by atoms with Crippen molar-refractivity contribution in [1.29, 1.82) is 0 Å². The molecule has 2 N–H and O–H groups in total. The molecule has 108 valence electrons. The minimum absolute atomic E-state index is 0.698. The van der Waals surface area contributed by atoms with E-state index in [-0.39, 0.29) is 0 Å². The van der Waals surface area contributed by atoms with Crippen molar-refractivity contribution in [2.24, 2.45) is 5.73 Å². The molecule has 0 saturated carbocycles. The lowest BCUT2D eigenvalue weighted by molar-refractivity contribution is 0.209. The molecular weight excluding hydrogens is 236 g/mol. The number of benzene rings is 1. The van der Waals surface area contributed by atoms with E-state index >= 15 is 0 Å². The highest BCUT2D eigenvalue weighted by atomic mass is 16.5. The van der Waals surface area contributed by atoms with Crippen LogP contribution in [0.25, 0.3) is 0 Å². The molecule has 0 radical (unpaired) electrons. The molecule has 0 atom stereocenters. The van der Waals surface area contributed by atoms with E-state index in [1.807, 2.05) is 12.1 Å². The highest BCUT2D eigenvalue weighted by Gasteiger charge is 2.02. The van der Waals surface area contributed by atoms with Crippen molar-refractivity contribution in [1.82, 2.24) is 4.90 Å². The van der Waals surface area contributed by atoms with Crippen molar-refractivity contribution in [2.45, 2.75) is 33.1 Å². The fraction of sp³-hybridized carbons (Fsp3) is 0.625. The van der Waals surface area contributed by atoms with E-state index in [2.05, 4.69) is 30.9 Å². The maximum Gasteiger partial charge on any atom is 0.119 e. The van der Waals surface area contributed by atoms with Crippen LogP contribution in [-0.2, 0) is 6.42 Å². The average molecular weight is 264 g/mol. The molecule has 3 heteroatoms. The topological polar surface area (TPSA) is 38.5 Å². The zero-order valence-electron chi connectivity index (χ0n) is 12.4. The lowest BCUT2D eigenvalue weighted by Gasteiger charge is -2.20. The Bertz CT molecular complexity index is 318. The van der Waals surface area contributed by atoms with Crippen LogP contribution in [0.5, 0.6) is 5.75 Å². The summed E-state index contributed by atoms with van der Waals surface area (Å²) in [6.07, 6.45) is 3.34. The first-order valence-corrected chi connectivity index (χ1v) is 7.44. The summed E-state index contributed by atoms with van der Waals surface area (Å²) in [6, 6.07) is 8.26. The summed E-state index contributed by atoms with van der Waals surface area (Å²) < 4.78 is 5.79. The largest absolute Gasteiger partial charge is 0.492 e. The molecule has 0 aromatic heterocycles. The molecule has 0 aliphatic carbocycles. The number of hydrogen-bond acceptors (Lipinski definition) is 3. The Balaban J connectivity index is 2.30. The SMILES string of the molecule is CCCN(CCC)CCOc1ccc(CCN)cc1. The number of ether oxygens (including phenoxy) is 1. The van der Waals surface area contributed by atoms with Crippen molar-refractivity contribution in [2.75, 3.05) is 32.8 Å². The van der Waals surface area contributed by atoms with E-state index in [0.717, 1.165) is 38.4 Å². The summed E-state index contributed by atoms with van der Waals surface area (Å²) in [4.78, 5) is 2.46. The molecule has 0 spiro atoms. The first kappa shape index (κ1) is 16.0. The highest BCUT2D eigenvalue weighted by Crippen LogP contribution is 2.12. The summed E-state index contributed by atoms with van der Waals surface area (Å²) in [5.41, 5.74) is 6.80. The molecule has 19 heavy (non-hydrogen) atoms. The van der Waals surface area contributed by atoms with Crippen LogP contribution >= 0.6 is 0 Å². The van der Waals surface area contributed by atoms with Gasteiger partial charge < -0.3 is 10.5 Å². The molecule has 1 rings (SSSR count). The molecule has 0 fully saturated rings. The molecule has 0 amide bonds. The first-order valence-electron chi connectivity index (χ1n) is 7.44. The van der Waals surface area contributed by atoms with E-state index in [1.54, 1.807) is 0 Å². The van der Waals surface area contributed by atoms with Gasteiger partial charge in [0.1, 0.15) is 12.4 Å². The molecule has 0 heterocycles. The maximum atomic E-state index is 5.79. The third kappa shape index (κ3) is 6.60. The normalized spacial score (nSPS) is 10.9. The third-order valence-corrected chi connectivity index (χ3v) is 3.11. The van der Waals surface area contributed by atoms with Crippen molar-refractivity contribution in [3.8, 4) is 5.75 Å². The average Bonchev–Trinajstić information content (AvgIpc) is 2.41. The van der Waals surface area contributed by atoms with Gasteiger partial charge in [-0.1, -0.05) is 26.0 Å². The van der Waals surface area contributed by atoms with Gasteiger partial charge in [0.15, 0.2) is 0 Å². The van der Waals surface area contributed by atoms with Crippen LogP contribution in [0, 0.1) is 0 Å². The van der Waals surface area contributed by atoms with E-state index in [9.17, 15) is 0 Å². The smallest absolute Gasteiger partial charge is 0.119 e. The second-order valence-corrected chi connectivity index (χ2v) is 4.87. The van der Waals surface area contributed by atoms with Gasteiger partial charge in [0, 0.05) is 6.54 Å². The molecule has 1 aromatic carbocycles. The zero-order valence-corrected chi connectivity index (χ0v) is 12.4. The van der Waals surface area contributed by atoms with Gasteiger partial charge in [-0.25, -0.2) is 0 Å². The third-order valence-electron chi connectivity index (χ3n) is 3.11. The molecule has 0 unspecified atom stereocenters. The number of nitrogens with two attached hydrogens (primary N) is 1. The molecular formula is C16H28N2O. The van der Waals surface area contributed by atoms with Crippen LogP contribution < -0.4 is 10.5 Å². The summed E-state index contributed by atoms with van der Waals surface area (Å²) >= 11 is 0. The maximum absolute atomic E-state index is 5.79. The Hall–Kier alpha value is -1.06. The van der Waals surface area contributed by atoms with E-state index in [4.69, 9.17) is 10.5 Å². The fourth-order valence-electron chi connectivity index (χ4n) is 2.18. The van der Waals surface area contributed by atoms with Crippen molar-refractivity contribution in [3.63, 3.8) is 0 Å². The number of nitrogens with zero attached hydrogens (tertiary/aromatic N) is 1. The van der Waals surface area contributed by atoms with Gasteiger partial charge in [0.25, 0.3) is 0 Å². The molecule has 0 saturated heterocycles. The van der Waals surface area contributed by atoms with Crippen molar-refractivity contribution < 1.29 is 4.74 Å². The van der Waals surface area contributed by atoms with Crippen molar-refractivity contribution in [3.05, 3.63) is 29.8 Å². The predicted octanol–water partition coefficient (Wildman–Crippen LogP) is 2.69. The lowest BCUT2D eigenvalue weighted by atomic mass is 10.1. The van der Waals surface area contributed by atoms with Crippen LogP contribution in [0.2, 0.25) is 0 Å². The van der Waals surface area contributed by atoms with Crippen LogP contribution in [0.3, 0.4) is 0 Å². The predicted molar refractivity (Wildman–Crippen MR) is 81.7 cm³/mol. The van der Waals surface area contributed by atoms with Crippen molar-refractivity contribution >= 4 is 0 Å². The molecule has 0 bridgehead atoms. The highest BCUT2D eigenvalue weighted by molar-refractivity contribution is 5.27. The number of rotatable bonds is 10. The quantitative estimate of drug-likeness (QED) is 0.706. The standard InChI is InChI=1S/C16H28N2O/c1-3-11-18(12-4-2)13-14-19-16-7-5-15(6-8-16)9-10-17/h5-8H,3-4,9-14,17H2,1-2H3. The molecule has 1 aromatic rings. The van der Waals surface area contributed by atoms with E-state index < -0.39 is 0 Å². The van der Waals surface area contributed by atoms with Gasteiger partial charge in [-0.2, -0.15) is 0 Å². The van der Waals surface area contributed by atoms with Crippen LogP contribution in [0.15, 0.2) is 24.3 Å². The van der Waals surface area contributed by atoms with E-state index in [0.29, 0.717) is 6.54 Å². The summed E-state index contributed by atoms with van der Waals surface area (Å²) in [6.45, 7) is 9.23. The minimum Gasteiger partial charge on any atom is -0.492 e. The Kier molecular flexibility index (Phi) is 8.26. The van der Waals surface area contributed by atoms with Gasteiger partial charge in [0.2, 0.25) is 0 Å². The Morgan fingerprint density at radius 2 is 1.63 bits per heavy atom. The van der Waals surface area contributed by atoms with Crippen LogP contribution in [-0.4, -0.2) is 37.7 Å². The lowest BCUT2D eigenvalue weighted by Crippen LogP contribution is -2.30. The van der Waals surface area contributed by atoms with Crippen LogP contribution in [0.4, 0.5) is 0 Å². The molecule has 0 aliphatic heterocycles. The number of hydrogen-bond donors (Lipinski definition) is 1. The van der Waals surface area contributed by atoms with E-state index in [1.165, 1.54) is 18.4 Å². The van der Waals surface area contributed by atoms with Gasteiger partial charge in [-0.15, -0.1) is 0 Å². The van der Waals surface area contributed by atoms with Gasteiger partial charge in [-0.3, -0.25) is 4.90 Å². The second-order valence-electron chi connectivity index (χ2n) is 4.87. The zero-order chi connectivity index (χ0) is 13.9. The summed E-state index contributed by atoms with van der Waals surface area (Å²) in [7, 11) is 0. The Morgan fingerprint density at radius 3 is 2.16 bits per heavy atom. The molecule has 3 nitrogen and oxygen atoms in total. The summed E-state index contributed by atoms with van der Waals surface area (Å²) in [5.74, 6) is 0.953.